The van der Waals surface area contributed by atoms with Crippen LogP contribution in [0.4, 0.5) is 13.2 Å². The lowest BCUT2D eigenvalue weighted by atomic mass is 10.1. The number of alkyl halides is 3. The zero-order chi connectivity index (χ0) is 20.6. The summed E-state index contributed by atoms with van der Waals surface area (Å²) in [5, 5.41) is 0. The third-order valence-electron chi connectivity index (χ3n) is 5.08. The SMILES string of the molecule is Cn1c([C@@H]2CCN(C(=O)Cc3ccc(OC(F)(F)F)cc3)C2)nc2cccnc21. The highest BCUT2D eigenvalue weighted by atomic mass is 19.4. The highest BCUT2D eigenvalue weighted by Crippen LogP contribution is 2.29. The Morgan fingerprint density at radius 1 is 1.24 bits per heavy atom. The average Bonchev–Trinajstić information content (AvgIpc) is 3.28. The van der Waals surface area contributed by atoms with Gasteiger partial charge in [0, 0.05) is 32.3 Å². The molecule has 3 aromatic rings. The lowest BCUT2D eigenvalue weighted by molar-refractivity contribution is -0.274. The average molecular weight is 404 g/mol. The van der Waals surface area contributed by atoms with Crippen molar-refractivity contribution in [2.24, 2.45) is 7.05 Å². The minimum absolute atomic E-state index is 0.0612. The van der Waals surface area contributed by atoms with E-state index in [4.69, 9.17) is 0 Å². The topological polar surface area (TPSA) is 60.2 Å². The highest BCUT2D eigenvalue weighted by molar-refractivity contribution is 5.79. The van der Waals surface area contributed by atoms with Gasteiger partial charge >= 0.3 is 6.36 Å². The van der Waals surface area contributed by atoms with E-state index in [0.717, 1.165) is 23.4 Å². The quantitative estimate of drug-likeness (QED) is 0.669. The van der Waals surface area contributed by atoms with Gasteiger partial charge in [0.25, 0.3) is 0 Å². The van der Waals surface area contributed by atoms with Crippen LogP contribution in [0.15, 0.2) is 42.6 Å². The Labute approximate surface area is 164 Å². The van der Waals surface area contributed by atoms with Crippen molar-refractivity contribution in [3.63, 3.8) is 0 Å². The number of halogens is 3. The number of carbonyl (C=O) groups excluding carboxylic acids is 1. The largest absolute Gasteiger partial charge is 0.573 e. The fourth-order valence-electron chi connectivity index (χ4n) is 3.70. The lowest BCUT2D eigenvalue weighted by Crippen LogP contribution is -2.30. The zero-order valence-corrected chi connectivity index (χ0v) is 15.7. The summed E-state index contributed by atoms with van der Waals surface area (Å²) in [6.45, 7) is 1.18. The monoisotopic (exact) mass is 404 g/mol. The van der Waals surface area contributed by atoms with Crippen molar-refractivity contribution in [3.05, 3.63) is 54.0 Å². The molecule has 3 heterocycles. The first kappa shape index (κ1) is 19.2. The van der Waals surface area contributed by atoms with Gasteiger partial charge in [0.15, 0.2) is 5.65 Å². The molecular weight excluding hydrogens is 385 g/mol. The van der Waals surface area contributed by atoms with Crippen molar-refractivity contribution in [3.8, 4) is 5.75 Å². The molecular formula is C20H19F3N4O2. The van der Waals surface area contributed by atoms with Gasteiger partial charge in [-0.05, 0) is 36.2 Å². The number of nitrogens with zero attached hydrogens (tertiary/aromatic N) is 4. The molecule has 152 valence electrons. The van der Waals surface area contributed by atoms with Crippen LogP contribution in [-0.2, 0) is 18.3 Å². The number of aryl methyl sites for hydroxylation is 1. The maximum atomic E-state index is 12.6. The zero-order valence-electron chi connectivity index (χ0n) is 15.7. The van der Waals surface area contributed by atoms with Crippen LogP contribution in [0.3, 0.4) is 0 Å². The van der Waals surface area contributed by atoms with Gasteiger partial charge in [-0.15, -0.1) is 13.2 Å². The van der Waals surface area contributed by atoms with E-state index < -0.39 is 6.36 Å². The third-order valence-corrected chi connectivity index (χ3v) is 5.08. The molecule has 1 aliphatic rings. The number of aromatic nitrogens is 3. The van der Waals surface area contributed by atoms with Crippen molar-refractivity contribution >= 4 is 17.1 Å². The maximum Gasteiger partial charge on any atom is 0.573 e. The first-order valence-corrected chi connectivity index (χ1v) is 9.20. The molecule has 1 aliphatic heterocycles. The third kappa shape index (κ3) is 4.18. The Bertz CT molecular complexity index is 1030. The maximum absolute atomic E-state index is 12.6. The molecule has 6 nitrogen and oxygen atoms in total. The molecule has 9 heteroatoms. The van der Waals surface area contributed by atoms with Crippen molar-refractivity contribution in [2.45, 2.75) is 25.1 Å². The Morgan fingerprint density at radius 3 is 2.69 bits per heavy atom. The second kappa shape index (κ2) is 7.38. The standard InChI is InChI=1S/C20H19F3N4O2/c1-26-18(25-16-3-2-9-24-19(16)26)14-8-10-27(12-14)17(28)11-13-4-6-15(7-5-13)29-20(21,22)23/h2-7,9,14H,8,10-12H2,1H3/t14-/m1/s1. The van der Waals surface area contributed by atoms with Crippen molar-refractivity contribution in [2.75, 3.05) is 13.1 Å². The first-order chi connectivity index (χ1) is 13.8. The van der Waals surface area contributed by atoms with E-state index in [0.29, 0.717) is 18.7 Å². The molecule has 0 aliphatic carbocycles. The smallest absolute Gasteiger partial charge is 0.406 e. The van der Waals surface area contributed by atoms with Crippen LogP contribution < -0.4 is 4.74 Å². The number of rotatable bonds is 4. The minimum Gasteiger partial charge on any atom is -0.406 e. The fraction of sp³-hybridized carbons (Fsp3) is 0.350. The summed E-state index contributed by atoms with van der Waals surface area (Å²) in [5.41, 5.74) is 2.28. The van der Waals surface area contributed by atoms with Crippen LogP contribution in [-0.4, -0.2) is 44.8 Å². The van der Waals surface area contributed by atoms with Crippen molar-refractivity contribution in [1.82, 2.24) is 19.4 Å². The number of carbonyl (C=O) groups is 1. The predicted octanol–water partition coefficient (Wildman–Crippen LogP) is 3.43. The molecule has 4 rings (SSSR count). The van der Waals surface area contributed by atoms with E-state index in [1.54, 1.807) is 11.1 Å². The molecule has 1 aromatic carbocycles. The Balaban J connectivity index is 1.40. The highest BCUT2D eigenvalue weighted by Gasteiger charge is 2.32. The van der Waals surface area contributed by atoms with Crippen molar-refractivity contribution in [1.29, 1.82) is 0 Å². The van der Waals surface area contributed by atoms with Gasteiger partial charge in [-0.1, -0.05) is 12.1 Å². The van der Waals surface area contributed by atoms with Gasteiger partial charge in [0.1, 0.15) is 17.1 Å². The summed E-state index contributed by atoms with van der Waals surface area (Å²) >= 11 is 0. The van der Waals surface area contributed by atoms with E-state index in [9.17, 15) is 18.0 Å². The Morgan fingerprint density at radius 2 is 2.00 bits per heavy atom. The molecule has 0 spiro atoms. The van der Waals surface area contributed by atoms with E-state index in [1.807, 2.05) is 23.7 Å². The van der Waals surface area contributed by atoms with Crippen LogP contribution in [0.1, 0.15) is 23.7 Å². The number of fused-ring (bicyclic) bond motifs is 1. The molecule has 0 radical (unpaired) electrons. The van der Waals surface area contributed by atoms with Crippen molar-refractivity contribution < 1.29 is 22.7 Å². The Kier molecular flexibility index (Phi) is 4.89. The molecule has 29 heavy (non-hydrogen) atoms. The van der Waals surface area contributed by atoms with E-state index in [2.05, 4.69) is 14.7 Å². The first-order valence-electron chi connectivity index (χ1n) is 9.20. The van der Waals surface area contributed by atoms with Gasteiger partial charge < -0.3 is 14.2 Å². The second-order valence-electron chi connectivity index (χ2n) is 7.07. The molecule has 1 fully saturated rings. The summed E-state index contributed by atoms with van der Waals surface area (Å²) in [5.74, 6) is 0.669. The summed E-state index contributed by atoms with van der Waals surface area (Å²) in [6.07, 6.45) is -2.07. The van der Waals surface area contributed by atoms with Crippen LogP contribution in [0.25, 0.3) is 11.2 Å². The number of benzene rings is 1. The van der Waals surface area contributed by atoms with Crippen LogP contribution in [0, 0.1) is 0 Å². The number of likely N-dealkylation sites (tertiary alicyclic amines) is 1. The van der Waals surface area contributed by atoms with Gasteiger partial charge in [-0.3, -0.25) is 4.79 Å². The molecule has 1 atom stereocenters. The number of hydrogen-bond donors (Lipinski definition) is 0. The normalized spacial score (nSPS) is 17.1. The Hall–Kier alpha value is -3.10. The second-order valence-corrected chi connectivity index (χ2v) is 7.07. The molecule has 1 saturated heterocycles. The molecule has 0 N–H and O–H groups in total. The van der Waals surface area contributed by atoms with E-state index in [1.165, 1.54) is 24.3 Å². The van der Waals surface area contributed by atoms with Gasteiger partial charge in [0.05, 0.1) is 6.42 Å². The van der Waals surface area contributed by atoms with Gasteiger partial charge in [0.2, 0.25) is 5.91 Å². The van der Waals surface area contributed by atoms with Crippen LogP contribution in [0.2, 0.25) is 0 Å². The molecule has 0 unspecified atom stereocenters. The molecule has 1 amide bonds. The number of amides is 1. The van der Waals surface area contributed by atoms with Gasteiger partial charge in [-0.25, -0.2) is 9.97 Å². The molecule has 0 bridgehead atoms. The number of imidazole rings is 1. The van der Waals surface area contributed by atoms with Crippen LogP contribution in [0.5, 0.6) is 5.75 Å². The van der Waals surface area contributed by atoms with E-state index in [-0.39, 0.29) is 24.0 Å². The minimum atomic E-state index is -4.73. The summed E-state index contributed by atoms with van der Waals surface area (Å²) in [6, 6.07) is 9.14. The summed E-state index contributed by atoms with van der Waals surface area (Å²) in [4.78, 5) is 23.4. The van der Waals surface area contributed by atoms with Gasteiger partial charge in [-0.2, -0.15) is 0 Å². The van der Waals surface area contributed by atoms with Crippen LogP contribution >= 0.6 is 0 Å². The summed E-state index contributed by atoms with van der Waals surface area (Å²) in [7, 11) is 1.92. The number of ether oxygens (including phenoxy) is 1. The fourth-order valence-corrected chi connectivity index (χ4v) is 3.70. The molecule has 0 saturated carbocycles. The lowest BCUT2D eigenvalue weighted by Gasteiger charge is -2.17. The number of pyridine rings is 1. The number of hydrogen-bond acceptors (Lipinski definition) is 4. The predicted molar refractivity (Wildman–Crippen MR) is 99.3 cm³/mol. The molecule has 2 aromatic heterocycles. The summed E-state index contributed by atoms with van der Waals surface area (Å²) < 4.78 is 42.5. The van der Waals surface area contributed by atoms with E-state index >= 15 is 0 Å².